The van der Waals surface area contributed by atoms with E-state index in [-0.39, 0.29) is 18.6 Å². The second-order valence-electron chi connectivity index (χ2n) is 7.15. The van der Waals surface area contributed by atoms with Crippen LogP contribution in [0, 0.1) is 0 Å². The Labute approximate surface area is 172 Å². The number of ether oxygens (including phenoxy) is 3. The monoisotopic (exact) mass is 398 g/mol. The molecule has 0 aliphatic carbocycles. The Morgan fingerprint density at radius 3 is 2.03 bits per heavy atom. The van der Waals surface area contributed by atoms with E-state index in [1.807, 2.05) is 24.3 Å². The molecule has 1 amide bonds. The van der Waals surface area contributed by atoms with Crippen molar-refractivity contribution in [2.45, 2.75) is 25.3 Å². The molecule has 1 fully saturated rings. The van der Waals surface area contributed by atoms with Crippen LogP contribution < -0.4 is 19.5 Å². The van der Waals surface area contributed by atoms with Crippen molar-refractivity contribution in [3.8, 4) is 17.2 Å². The number of amides is 1. The summed E-state index contributed by atoms with van der Waals surface area (Å²) in [7, 11) is 3.28. The first-order chi connectivity index (χ1) is 14.2. The Balaban J connectivity index is 1.56. The second kappa shape index (κ2) is 10.7. The van der Waals surface area contributed by atoms with Gasteiger partial charge < -0.3 is 19.5 Å². The normalized spacial score (nSPS) is 15.4. The predicted octanol–water partition coefficient (Wildman–Crippen LogP) is 3.43. The van der Waals surface area contributed by atoms with E-state index in [0.29, 0.717) is 12.3 Å². The highest BCUT2D eigenvalue weighted by molar-refractivity contribution is 5.77. The second-order valence-corrected chi connectivity index (χ2v) is 7.15. The molecule has 3 rings (SSSR count). The summed E-state index contributed by atoms with van der Waals surface area (Å²) in [5.41, 5.74) is 1.18. The first kappa shape index (κ1) is 21.0. The molecule has 29 heavy (non-hydrogen) atoms. The third-order valence-electron chi connectivity index (χ3n) is 5.25. The van der Waals surface area contributed by atoms with Gasteiger partial charge in [-0.05, 0) is 67.9 Å². The molecular formula is C23H30N2O4. The fourth-order valence-electron chi connectivity index (χ4n) is 3.60. The molecule has 1 N–H and O–H groups in total. The predicted molar refractivity (Wildman–Crippen MR) is 113 cm³/mol. The fourth-order valence-corrected chi connectivity index (χ4v) is 3.60. The minimum absolute atomic E-state index is 0.0122. The van der Waals surface area contributed by atoms with Gasteiger partial charge in [0.05, 0.1) is 20.3 Å². The molecule has 0 bridgehead atoms. The molecule has 0 aromatic heterocycles. The molecule has 0 saturated carbocycles. The largest absolute Gasteiger partial charge is 0.497 e. The number of piperidine rings is 1. The number of nitrogens with zero attached hydrogens (tertiary/aromatic N) is 1. The molecule has 156 valence electrons. The zero-order valence-corrected chi connectivity index (χ0v) is 17.2. The lowest BCUT2D eigenvalue weighted by molar-refractivity contribution is -0.123. The lowest BCUT2D eigenvalue weighted by Gasteiger charge is -2.35. The van der Waals surface area contributed by atoms with Gasteiger partial charge in [0, 0.05) is 6.54 Å². The van der Waals surface area contributed by atoms with Gasteiger partial charge in [-0.3, -0.25) is 9.69 Å². The SMILES string of the molecule is COc1ccc(OCC(=O)NC[C@@H](c2ccc(OC)cc2)N2CCCCC2)cc1. The summed E-state index contributed by atoms with van der Waals surface area (Å²) >= 11 is 0. The highest BCUT2D eigenvalue weighted by Gasteiger charge is 2.23. The van der Waals surface area contributed by atoms with Gasteiger partial charge in [0.25, 0.3) is 5.91 Å². The van der Waals surface area contributed by atoms with Crippen LogP contribution in [-0.4, -0.2) is 51.3 Å². The lowest BCUT2D eigenvalue weighted by atomic mass is 10.0. The van der Waals surface area contributed by atoms with Gasteiger partial charge in [-0.25, -0.2) is 0 Å². The molecule has 1 atom stereocenters. The van der Waals surface area contributed by atoms with Crippen LogP contribution in [0.15, 0.2) is 48.5 Å². The summed E-state index contributed by atoms with van der Waals surface area (Å²) < 4.78 is 16.0. The Hall–Kier alpha value is -2.73. The van der Waals surface area contributed by atoms with Crippen molar-refractivity contribution in [2.24, 2.45) is 0 Å². The van der Waals surface area contributed by atoms with Crippen molar-refractivity contribution < 1.29 is 19.0 Å². The fraction of sp³-hybridized carbons (Fsp3) is 0.435. The van der Waals surface area contributed by atoms with E-state index in [1.165, 1.54) is 24.8 Å². The van der Waals surface area contributed by atoms with Gasteiger partial charge in [-0.1, -0.05) is 18.6 Å². The van der Waals surface area contributed by atoms with Crippen molar-refractivity contribution >= 4 is 5.91 Å². The quantitative estimate of drug-likeness (QED) is 0.701. The molecule has 0 spiro atoms. The number of likely N-dealkylation sites (tertiary alicyclic amines) is 1. The maximum Gasteiger partial charge on any atom is 0.258 e. The van der Waals surface area contributed by atoms with E-state index in [1.54, 1.807) is 26.4 Å². The summed E-state index contributed by atoms with van der Waals surface area (Å²) in [6.45, 7) is 2.64. The molecule has 1 saturated heterocycles. The van der Waals surface area contributed by atoms with Gasteiger partial charge in [0.15, 0.2) is 6.61 Å². The first-order valence-corrected chi connectivity index (χ1v) is 10.1. The van der Waals surface area contributed by atoms with Crippen molar-refractivity contribution in [1.29, 1.82) is 0 Å². The minimum Gasteiger partial charge on any atom is -0.497 e. The summed E-state index contributed by atoms with van der Waals surface area (Å²) in [5.74, 6) is 2.11. The molecule has 2 aromatic carbocycles. The van der Waals surface area contributed by atoms with Crippen LogP contribution in [0.2, 0.25) is 0 Å². The summed E-state index contributed by atoms with van der Waals surface area (Å²) in [5, 5.41) is 3.04. The van der Waals surface area contributed by atoms with Crippen LogP contribution in [0.3, 0.4) is 0 Å². The Morgan fingerprint density at radius 2 is 1.45 bits per heavy atom. The third kappa shape index (κ3) is 6.12. The van der Waals surface area contributed by atoms with Crippen LogP contribution in [-0.2, 0) is 4.79 Å². The van der Waals surface area contributed by atoms with Gasteiger partial charge in [-0.2, -0.15) is 0 Å². The van der Waals surface area contributed by atoms with Crippen LogP contribution in [0.25, 0.3) is 0 Å². The highest BCUT2D eigenvalue weighted by Crippen LogP contribution is 2.26. The molecule has 6 nitrogen and oxygen atoms in total. The zero-order valence-electron chi connectivity index (χ0n) is 17.2. The number of benzene rings is 2. The average molecular weight is 399 g/mol. The molecule has 2 aromatic rings. The Kier molecular flexibility index (Phi) is 7.76. The zero-order chi connectivity index (χ0) is 20.5. The van der Waals surface area contributed by atoms with Gasteiger partial charge in [0.2, 0.25) is 0 Å². The van der Waals surface area contributed by atoms with E-state index < -0.39 is 0 Å². The summed E-state index contributed by atoms with van der Waals surface area (Å²) in [4.78, 5) is 14.8. The molecule has 1 heterocycles. The maximum atomic E-state index is 12.4. The van der Waals surface area contributed by atoms with E-state index >= 15 is 0 Å². The highest BCUT2D eigenvalue weighted by atomic mass is 16.5. The lowest BCUT2D eigenvalue weighted by Crippen LogP contribution is -2.41. The molecular weight excluding hydrogens is 368 g/mol. The van der Waals surface area contributed by atoms with Crippen LogP contribution in [0.1, 0.15) is 30.9 Å². The number of methoxy groups -OCH3 is 2. The number of hydrogen-bond acceptors (Lipinski definition) is 5. The smallest absolute Gasteiger partial charge is 0.258 e. The number of rotatable bonds is 9. The van der Waals surface area contributed by atoms with Crippen molar-refractivity contribution in [1.82, 2.24) is 10.2 Å². The minimum atomic E-state index is -0.128. The van der Waals surface area contributed by atoms with Gasteiger partial charge in [0.1, 0.15) is 17.2 Å². The number of carbonyl (C=O) groups is 1. The molecule has 1 aliphatic rings. The Morgan fingerprint density at radius 1 is 0.897 bits per heavy atom. The molecule has 0 radical (unpaired) electrons. The van der Waals surface area contributed by atoms with E-state index in [4.69, 9.17) is 14.2 Å². The summed E-state index contributed by atoms with van der Waals surface area (Å²) in [6.07, 6.45) is 3.66. The van der Waals surface area contributed by atoms with Gasteiger partial charge >= 0.3 is 0 Å². The molecule has 0 unspecified atom stereocenters. The van der Waals surface area contributed by atoms with Crippen LogP contribution >= 0.6 is 0 Å². The average Bonchev–Trinajstić information content (AvgIpc) is 2.79. The molecule has 1 aliphatic heterocycles. The number of carbonyl (C=O) groups excluding carboxylic acids is 1. The third-order valence-corrected chi connectivity index (χ3v) is 5.25. The maximum absolute atomic E-state index is 12.4. The van der Waals surface area contributed by atoms with Crippen LogP contribution in [0.5, 0.6) is 17.2 Å². The van der Waals surface area contributed by atoms with Crippen molar-refractivity contribution in [3.05, 3.63) is 54.1 Å². The first-order valence-electron chi connectivity index (χ1n) is 10.1. The van der Waals surface area contributed by atoms with Crippen molar-refractivity contribution in [3.63, 3.8) is 0 Å². The molecule has 6 heteroatoms. The summed E-state index contributed by atoms with van der Waals surface area (Å²) in [6, 6.07) is 15.5. The van der Waals surface area contributed by atoms with Gasteiger partial charge in [-0.15, -0.1) is 0 Å². The van der Waals surface area contributed by atoms with E-state index in [9.17, 15) is 4.79 Å². The van der Waals surface area contributed by atoms with Crippen LogP contribution in [0.4, 0.5) is 0 Å². The van der Waals surface area contributed by atoms with E-state index in [2.05, 4.69) is 22.3 Å². The standard InChI is InChI=1S/C23H30N2O4/c1-27-19-8-6-18(7-9-19)22(25-14-4-3-5-15-25)16-24-23(26)17-29-21-12-10-20(28-2)11-13-21/h6-13,22H,3-5,14-17H2,1-2H3,(H,24,26)/t22-/m0/s1. The number of hydrogen-bond donors (Lipinski definition) is 1. The number of nitrogens with one attached hydrogen (secondary N) is 1. The topological polar surface area (TPSA) is 60.0 Å². The van der Waals surface area contributed by atoms with Crippen molar-refractivity contribution in [2.75, 3.05) is 40.5 Å². The van der Waals surface area contributed by atoms with E-state index in [0.717, 1.165) is 24.6 Å². The Bertz CT molecular complexity index is 755.